The minimum atomic E-state index is -1.05. The SMILES string of the molecule is NCC1(CC(=O)N(CC(=O)O)c2ccc(Cl)cc2)CCC1. The number of carbonyl (C=O) groups is 2. The molecular weight excluding hydrogens is 292 g/mol. The molecule has 0 spiro atoms. The first kappa shape index (κ1) is 15.8. The number of amides is 1. The van der Waals surface area contributed by atoms with Crippen LogP contribution in [0.15, 0.2) is 24.3 Å². The van der Waals surface area contributed by atoms with E-state index in [1.54, 1.807) is 24.3 Å². The van der Waals surface area contributed by atoms with Gasteiger partial charge in [0.15, 0.2) is 0 Å². The van der Waals surface area contributed by atoms with E-state index in [2.05, 4.69) is 0 Å². The minimum Gasteiger partial charge on any atom is -0.480 e. The first-order valence-corrected chi connectivity index (χ1v) is 7.31. The lowest BCUT2D eigenvalue weighted by Gasteiger charge is -2.41. The van der Waals surface area contributed by atoms with Crippen molar-refractivity contribution in [3.05, 3.63) is 29.3 Å². The van der Waals surface area contributed by atoms with Gasteiger partial charge in [-0.15, -0.1) is 0 Å². The van der Waals surface area contributed by atoms with E-state index in [1.807, 2.05) is 0 Å². The van der Waals surface area contributed by atoms with Crippen molar-refractivity contribution in [3.63, 3.8) is 0 Å². The fourth-order valence-electron chi connectivity index (χ4n) is 2.63. The Morgan fingerprint density at radius 1 is 1.29 bits per heavy atom. The number of anilines is 1. The molecule has 6 heteroatoms. The van der Waals surface area contributed by atoms with Crippen LogP contribution in [-0.2, 0) is 9.59 Å². The maximum absolute atomic E-state index is 12.5. The zero-order valence-corrected chi connectivity index (χ0v) is 12.5. The molecule has 1 saturated carbocycles. The molecule has 0 saturated heterocycles. The topological polar surface area (TPSA) is 83.6 Å². The molecule has 0 aromatic heterocycles. The van der Waals surface area contributed by atoms with E-state index < -0.39 is 5.97 Å². The van der Waals surface area contributed by atoms with Gasteiger partial charge in [-0.3, -0.25) is 9.59 Å². The van der Waals surface area contributed by atoms with Crippen molar-refractivity contribution in [2.24, 2.45) is 11.1 Å². The van der Waals surface area contributed by atoms with Crippen molar-refractivity contribution >= 4 is 29.2 Å². The van der Waals surface area contributed by atoms with Crippen LogP contribution in [0, 0.1) is 5.41 Å². The number of halogens is 1. The van der Waals surface area contributed by atoms with E-state index in [0.29, 0.717) is 23.7 Å². The van der Waals surface area contributed by atoms with Gasteiger partial charge in [-0.25, -0.2) is 0 Å². The summed E-state index contributed by atoms with van der Waals surface area (Å²) in [7, 11) is 0. The maximum atomic E-state index is 12.5. The number of carboxylic acids is 1. The maximum Gasteiger partial charge on any atom is 0.323 e. The van der Waals surface area contributed by atoms with Crippen LogP contribution in [0.1, 0.15) is 25.7 Å². The highest BCUT2D eigenvalue weighted by Gasteiger charge is 2.39. The lowest BCUT2D eigenvalue weighted by atomic mass is 9.66. The summed E-state index contributed by atoms with van der Waals surface area (Å²) in [5.74, 6) is -1.25. The Morgan fingerprint density at radius 2 is 1.90 bits per heavy atom. The van der Waals surface area contributed by atoms with E-state index in [1.165, 1.54) is 4.90 Å². The van der Waals surface area contributed by atoms with Crippen molar-refractivity contribution in [2.75, 3.05) is 18.0 Å². The van der Waals surface area contributed by atoms with Gasteiger partial charge in [0.1, 0.15) is 6.54 Å². The van der Waals surface area contributed by atoms with Crippen molar-refractivity contribution in [1.82, 2.24) is 0 Å². The molecule has 1 aliphatic rings. The first-order valence-electron chi connectivity index (χ1n) is 6.94. The molecule has 0 bridgehead atoms. The average molecular weight is 311 g/mol. The Balaban J connectivity index is 2.17. The number of nitrogens with zero attached hydrogens (tertiary/aromatic N) is 1. The van der Waals surface area contributed by atoms with Gasteiger partial charge in [-0.2, -0.15) is 0 Å². The van der Waals surface area contributed by atoms with Crippen LogP contribution < -0.4 is 10.6 Å². The second-order valence-electron chi connectivity index (χ2n) is 5.58. The molecule has 1 aromatic carbocycles. The van der Waals surface area contributed by atoms with E-state index in [0.717, 1.165) is 19.3 Å². The summed E-state index contributed by atoms with van der Waals surface area (Å²) in [5.41, 5.74) is 6.16. The monoisotopic (exact) mass is 310 g/mol. The fraction of sp³-hybridized carbons (Fsp3) is 0.467. The second kappa shape index (κ2) is 6.45. The van der Waals surface area contributed by atoms with Gasteiger partial charge in [0, 0.05) is 17.1 Å². The van der Waals surface area contributed by atoms with Crippen molar-refractivity contribution < 1.29 is 14.7 Å². The van der Waals surface area contributed by atoms with Gasteiger partial charge < -0.3 is 15.7 Å². The van der Waals surface area contributed by atoms with Gasteiger partial charge >= 0.3 is 5.97 Å². The third kappa shape index (κ3) is 3.74. The summed E-state index contributed by atoms with van der Waals surface area (Å²) in [6.45, 7) is 0.0986. The highest BCUT2D eigenvalue weighted by molar-refractivity contribution is 6.30. The molecular formula is C15H19ClN2O3. The third-order valence-corrected chi connectivity index (χ3v) is 4.36. The normalized spacial score (nSPS) is 16.1. The van der Waals surface area contributed by atoms with E-state index in [9.17, 15) is 9.59 Å². The van der Waals surface area contributed by atoms with Gasteiger partial charge in [0.05, 0.1) is 0 Å². The van der Waals surface area contributed by atoms with Crippen LogP contribution in [0.5, 0.6) is 0 Å². The Morgan fingerprint density at radius 3 is 2.33 bits per heavy atom. The summed E-state index contributed by atoms with van der Waals surface area (Å²) in [5, 5.41) is 9.57. The van der Waals surface area contributed by atoms with Crippen LogP contribution >= 0.6 is 11.6 Å². The summed E-state index contributed by atoms with van der Waals surface area (Å²) in [4.78, 5) is 24.8. The molecule has 3 N–H and O–H groups in total. The van der Waals surface area contributed by atoms with Gasteiger partial charge in [-0.1, -0.05) is 18.0 Å². The van der Waals surface area contributed by atoms with Crippen molar-refractivity contribution in [1.29, 1.82) is 0 Å². The molecule has 114 valence electrons. The van der Waals surface area contributed by atoms with Crippen molar-refractivity contribution in [3.8, 4) is 0 Å². The molecule has 21 heavy (non-hydrogen) atoms. The molecule has 1 aliphatic carbocycles. The number of rotatable bonds is 6. The molecule has 0 unspecified atom stereocenters. The molecule has 0 heterocycles. The molecule has 0 radical (unpaired) electrons. The number of carboxylic acid groups (broad SMARTS) is 1. The Hall–Kier alpha value is -1.59. The zero-order valence-electron chi connectivity index (χ0n) is 11.7. The minimum absolute atomic E-state index is 0.153. The fourth-order valence-corrected chi connectivity index (χ4v) is 2.75. The quantitative estimate of drug-likeness (QED) is 0.844. The van der Waals surface area contributed by atoms with E-state index in [4.69, 9.17) is 22.4 Å². The number of hydrogen-bond acceptors (Lipinski definition) is 3. The van der Waals surface area contributed by atoms with Gasteiger partial charge in [0.25, 0.3) is 0 Å². The molecule has 0 atom stereocenters. The molecule has 0 aliphatic heterocycles. The van der Waals surface area contributed by atoms with Crippen LogP contribution in [-0.4, -0.2) is 30.1 Å². The van der Waals surface area contributed by atoms with Crippen LogP contribution in [0.2, 0.25) is 5.02 Å². The lowest BCUT2D eigenvalue weighted by molar-refractivity contribution is -0.137. The highest BCUT2D eigenvalue weighted by Crippen LogP contribution is 2.43. The van der Waals surface area contributed by atoms with E-state index >= 15 is 0 Å². The largest absolute Gasteiger partial charge is 0.480 e. The zero-order chi connectivity index (χ0) is 15.5. The summed E-state index contributed by atoms with van der Waals surface area (Å²) >= 11 is 5.83. The van der Waals surface area contributed by atoms with Gasteiger partial charge in [0.2, 0.25) is 5.91 Å². The Kier molecular flexibility index (Phi) is 4.85. The lowest BCUT2D eigenvalue weighted by Crippen LogP contribution is -2.44. The predicted octanol–water partition coefficient (Wildman–Crippen LogP) is 2.28. The average Bonchev–Trinajstić information content (AvgIpc) is 2.41. The first-order chi connectivity index (χ1) is 9.96. The Bertz CT molecular complexity index is 521. The van der Waals surface area contributed by atoms with E-state index in [-0.39, 0.29) is 17.9 Å². The number of nitrogens with two attached hydrogens (primary N) is 1. The molecule has 1 amide bonds. The number of benzene rings is 1. The predicted molar refractivity (Wildman–Crippen MR) is 81.4 cm³/mol. The van der Waals surface area contributed by atoms with Gasteiger partial charge in [-0.05, 0) is 49.1 Å². The summed E-state index contributed by atoms with van der Waals surface area (Å²) < 4.78 is 0. The molecule has 1 fully saturated rings. The Labute approximate surface area is 128 Å². The smallest absolute Gasteiger partial charge is 0.323 e. The molecule has 5 nitrogen and oxygen atoms in total. The number of carbonyl (C=O) groups excluding carboxylic acids is 1. The van der Waals surface area contributed by atoms with Crippen LogP contribution in [0.25, 0.3) is 0 Å². The second-order valence-corrected chi connectivity index (χ2v) is 6.02. The molecule has 2 rings (SSSR count). The number of hydrogen-bond donors (Lipinski definition) is 2. The van der Waals surface area contributed by atoms with Crippen LogP contribution in [0.3, 0.4) is 0 Å². The summed E-state index contributed by atoms with van der Waals surface area (Å²) in [6, 6.07) is 6.58. The molecule has 1 aromatic rings. The standard InChI is InChI=1S/C15H19ClN2O3/c16-11-2-4-12(5-3-11)18(9-14(20)21)13(19)8-15(10-17)6-1-7-15/h2-5H,1,6-10,17H2,(H,20,21). The van der Waals surface area contributed by atoms with Crippen molar-refractivity contribution in [2.45, 2.75) is 25.7 Å². The van der Waals surface area contributed by atoms with Crippen LogP contribution in [0.4, 0.5) is 5.69 Å². The summed E-state index contributed by atoms with van der Waals surface area (Å²) in [6.07, 6.45) is 3.22. The highest BCUT2D eigenvalue weighted by atomic mass is 35.5. The number of aliphatic carboxylic acids is 1. The third-order valence-electron chi connectivity index (χ3n) is 4.11.